The number of halogens is 2. The van der Waals surface area contributed by atoms with Gasteiger partial charge in [-0.2, -0.15) is 15.1 Å². The van der Waals surface area contributed by atoms with Crippen LogP contribution < -0.4 is 10.6 Å². The fourth-order valence-electron chi connectivity index (χ4n) is 2.69. The van der Waals surface area contributed by atoms with E-state index in [0.29, 0.717) is 21.8 Å². The Morgan fingerprint density at radius 3 is 2.41 bits per heavy atom. The summed E-state index contributed by atoms with van der Waals surface area (Å²) in [6, 6.07) is 13.1. The van der Waals surface area contributed by atoms with E-state index in [2.05, 4.69) is 25.7 Å². The first-order valence-electron chi connectivity index (χ1n) is 8.25. The van der Waals surface area contributed by atoms with E-state index < -0.39 is 0 Å². The van der Waals surface area contributed by atoms with Crippen molar-refractivity contribution < 1.29 is 0 Å². The lowest BCUT2D eigenvalue weighted by molar-refractivity contribution is 0.786. The van der Waals surface area contributed by atoms with Gasteiger partial charge >= 0.3 is 0 Å². The van der Waals surface area contributed by atoms with E-state index in [4.69, 9.17) is 23.2 Å². The number of hydrogen-bond donors (Lipinski definition) is 2. The van der Waals surface area contributed by atoms with Crippen LogP contribution in [0.5, 0.6) is 0 Å². The first-order valence-corrected chi connectivity index (χ1v) is 9.01. The third-order valence-corrected chi connectivity index (χ3v) is 4.79. The van der Waals surface area contributed by atoms with Gasteiger partial charge in [0.15, 0.2) is 5.65 Å². The van der Waals surface area contributed by atoms with Crippen molar-refractivity contribution in [3.63, 3.8) is 0 Å². The monoisotopic (exact) mass is 398 g/mol. The van der Waals surface area contributed by atoms with Crippen molar-refractivity contribution in [2.24, 2.45) is 7.05 Å². The van der Waals surface area contributed by atoms with Crippen LogP contribution in [-0.2, 0) is 7.05 Å². The summed E-state index contributed by atoms with van der Waals surface area (Å²) in [5, 5.41) is 13.1. The number of nitrogens with one attached hydrogen (secondary N) is 2. The third kappa shape index (κ3) is 3.67. The molecule has 2 aromatic heterocycles. The van der Waals surface area contributed by atoms with Crippen molar-refractivity contribution in [1.82, 2.24) is 19.7 Å². The maximum absolute atomic E-state index is 6.10. The van der Waals surface area contributed by atoms with Gasteiger partial charge in [0.1, 0.15) is 5.82 Å². The zero-order valence-corrected chi connectivity index (χ0v) is 16.2. The summed E-state index contributed by atoms with van der Waals surface area (Å²) >= 11 is 12.1. The SMILES string of the molecule is Cc1cc(Nc2nc(Nc3ccc(Cl)cc3)c3cnn(C)c3n2)ccc1Cl. The normalized spacial score (nSPS) is 11.0. The minimum Gasteiger partial charge on any atom is -0.339 e. The number of benzene rings is 2. The molecule has 0 aliphatic rings. The molecule has 2 N–H and O–H groups in total. The Kier molecular flexibility index (Phi) is 4.59. The molecule has 0 atom stereocenters. The van der Waals surface area contributed by atoms with Crippen LogP contribution in [0, 0.1) is 6.92 Å². The van der Waals surface area contributed by atoms with Gasteiger partial charge in [0.05, 0.1) is 11.6 Å². The molecule has 0 spiro atoms. The first kappa shape index (κ1) is 17.6. The smallest absolute Gasteiger partial charge is 0.231 e. The van der Waals surface area contributed by atoms with Gasteiger partial charge in [-0.25, -0.2) is 0 Å². The lowest BCUT2D eigenvalue weighted by Gasteiger charge is -2.11. The molecule has 6 nitrogen and oxygen atoms in total. The molecule has 4 aromatic rings. The maximum Gasteiger partial charge on any atom is 0.231 e. The van der Waals surface area contributed by atoms with Crippen molar-refractivity contribution in [1.29, 1.82) is 0 Å². The van der Waals surface area contributed by atoms with Crippen molar-refractivity contribution in [2.45, 2.75) is 6.92 Å². The van der Waals surface area contributed by atoms with Crippen LogP contribution >= 0.6 is 23.2 Å². The third-order valence-electron chi connectivity index (χ3n) is 4.11. The number of aromatic nitrogens is 4. The van der Waals surface area contributed by atoms with Gasteiger partial charge in [0.2, 0.25) is 5.95 Å². The number of hydrogen-bond acceptors (Lipinski definition) is 5. The van der Waals surface area contributed by atoms with Crippen LogP contribution in [0.3, 0.4) is 0 Å². The predicted octanol–water partition coefficient (Wildman–Crippen LogP) is 5.47. The van der Waals surface area contributed by atoms with Crippen molar-refractivity contribution in [3.05, 3.63) is 64.3 Å². The van der Waals surface area contributed by atoms with E-state index in [1.54, 1.807) is 10.9 Å². The Bertz CT molecular complexity index is 1120. The molecule has 0 aliphatic carbocycles. The summed E-state index contributed by atoms with van der Waals surface area (Å²) in [7, 11) is 1.84. The average Bonchev–Trinajstić information content (AvgIpc) is 3.02. The Morgan fingerprint density at radius 1 is 0.926 bits per heavy atom. The van der Waals surface area contributed by atoms with Crippen LogP contribution in [0.15, 0.2) is 48.7 Å². The van der Waals surface area contributed by atoms with Crippen molar-refractivity contribution >= 4 is 57.4 Å². The van der Waals surface area contributed by atoms with Crippen LogP contribution in [0.4, 0.5) is 23.1 Å². The molecule has 2 aromatic carbocycles. The second-order valence-electron chi connectivity index (χ2n) is 6.12. The van der Waals surface area contributed by atoms with Gasteiger partial charge in [0, 0.05) is 28.5 Å². The van der Waals surface area contributed by atoms with Crippen molar-refractivity contribution in [2.75, 3.05) is 10.6 Å². The zero-order valence-electron chi connectivity index (χ0n) is 14.7. The largest absolute Gasteiger partial charge is 0.339 e. The second kappa shape index (κ2) is 7.06. The lowest BCUT2D eigenvalue weighted by Crippen LogP contribution is -2.03. The van der Waals surface area contributed by atoms with Gasteiger partial charge in [-0.1, -0.05) is 23.2 Å². The average molecular weight is 399 g/mol. The minimum absolute atomic E-state index is 0.462. The van der Waals surface area contributed by atoms with Gasteiger partial charge in [-0.05, 0) is 55.0 Å². The van der Waals surface area contributed by atoms with E-state index in [1.807, 2.05) is 56.4 Å². The van der Waals surface area contributed by atoms with Crippen LogP contribution in [0.1, 0.15) is 5.56 Å². The molecule has 0 saturated heterocycles. The molecule has 2 heterocycles. The first-order chi connectivity index (χ1) is 13.0. The second-order valence-corrected chi connectivity index (χ2v) is 6.97. The highest BCUT2D eigenvalue weighted by molar-refractivity contribution is 6.31. The highest BCUT2D eigenvalue weighted by atomic mass is 35.5. The van der Waals surface area contributed by atoms with Gasteiger partial charge < -0.3 is 10.6 Å². The molecule has 0 amide bonds. The van der Waals surface area contributed by atoms with Crippen LogP contribution in [0.2, 0.25) is 10.0 Å². The molecule has 0 bridgehead atoms. The predicted molar refractivity (Wildman–Crippen MR) is 111 cm³/mol. The van der Waals surface area contributed by atoms with E-state index in [9.17, 15) is 0 Å². The Balaban J connectivity index is 1.73. The molecule has 8 heteroatoms. The Labute approximate surface area is 166 Å². The topological polar surface area (TPSA) is 67.7 Å². The molecular formula is C19H16Cl2N6. The van der Waals surface area contributed by atoms with Crippen molar-refractivity contribution in [3.8, 4) is 0 Å². The molecule has 0 saturated carbocycles. The molecule has 27 heavy (non-hydrogen) atoms. The lowest BCUT2D eigenvalue weighted by atomic mass is 10.2. The van der Waals surface area contributed by atoms with Gasteiger partial charge in [-0.3, -0.25) is 4.68 Å². The molecule has 0 aliphatic heterocycles. The van der Waals surface area contributed by atoms with Crippen LogP contribution in [-0.4, -0.2) is 19.7 Å². The summed E-state index contributed by atoms with van der Waals surface area (Å²) in [5.74, 6) is 1.12. The summed E-state index contributed by atoms with van der Waals surface area (Å²) < 4.78 is 1.71. The number of fused-ring (bicyclic) bond motifs is 1. The summed E-state index contributed by atoms with van der Waals surface area (Å²) in [6.45, 7) is 1.95. The van der Waals surface area contributed by atoms with Crippen LogP contribution in [0.25, 0.3) is 11.0 Å². The zero-order chi connectivity index (χ0) is 19.0. The number of aryl methyl sites for hydroxylation is 2. The van der Waals surface area contributed by atoms with E-state index >= 15 is 0 Å². The van der Waals surface area contributed by atoms with E-state index in [0.717, 1.165) is 28.0 Å². The highest BCUT2D eigenvalue weighted by Gasteiger charge is 2.12. The standard InChI is InChI=1S/C19H16Cl2N6/c1-11-9-14(7-8-16(11)21)24-19-25-17(15-10-22-27(2)18(15)26-19)23-13-5-3-12(20)4-6-13/h3-10H,1-2H3,(H2,23,24,25,26). The molecule has 0 radical (unpaired) electrons. The number of nitrogens with zero attached hydrogens (tertiary/aromatic N) is 4. The summed E-state index contributed by atoms with van der Waals surface area (Å²) in [5.41, 5.74) is 3.42. The summed E-state index contributed by atoms with van der Waals surface area (Å²) in [4.78, 5) is 9.21. The quantitative estimate of drug-likeness (QED) is 0.477. The highest BCUT2D eigenvalue weighted by Crippen LogP contribution is 2.27. The van der Waals surface area contributed by atoms with Gasteiger partial charge in [0.25, 0.3) is 0 Å². The minimum atomic E-state index is 0.462. The Morgan fingerprint density at radius 2 is 1.67 bits per heavy atom. The van der Waals surface area contributed by atoms with E-state index in [1.165, 1.54) is 0 Å². The Hall–Kier alpha value is -2.83. The molecule has 0 fully saturated rings. The fraction of sp³-hybridized carbons (Fsp3) is 0.105. The number of anilines is 4. The maximum atomic E-state index is 6.10. The molecule has 0 unspecified atom stereocenters. The molecule has 136 valence electrons. The summed E-state index contributed by atoms with van der Waals surface area (Å²) in [6.07, 6.45) is 1.74. The number of rotatable bonds is 4. The van der Waals surface area contributed by atoms with E-state index in [-0.39, 0.29) is 0 Å². The molecule has 4 rings (SSSR count). The molecular weight excluding hydrogens is 383 g/mol. The fourth-order valence-corrected chi connectivity index (χ4v) is 2.94. The van der Waals surface area contributed by atoms with Gasteiger partial charge in [-0.15, -0.1) is 0 Å².